The van der Waals surface area contributed by atoms with Crippen molar-refractivity contribution < 1.29 is 18.0 Å². The van der Waals surface area contributed by atoms with Gasteiger partial charge >= 0.3 is 6.18 Å². The number of nitrogens with one attached hydrogen (secondary N) is 2. The summed E-state index contributed by atoms with van der Waals surface area (Å²) in [6, 6.07) is 0.426. The molecule has 0 spiro atoms. The molecule has 1 heterocycles. The molecular weight excluding hydrogens is 395 g/mol. The molecule has 1 amide bonds. The van der Waals surface area contributed by atoms with Gasteiger partial charge in [-0.3, -0.25) is 9.69 Å². The zero-order chi connectivity index (χ0) is 21.7. The number of likely N-dealkylation sites (tertiary alicyclic amines) is 1. The summed E-state index contributed by atoms with van der Waals surface area (Å²) in [6.45, 7) is 1.03. The van der Waals surface area contributed by atoms with Crippen molar-refractivity contribution in [3.8, 4) is 0 Å². The molecule has 3 unspecified atom stereocenters. The summed E-state index contributed by atoms with van der Waals surface area (Å²) in [7, 11) is 3.44. The monoisotopic (exact) mass is 431 g/mol. The molecule has 2 aliphatic carbocycles. The molecule has 0 aromatic heterocycles. The minimum Gasteiger partial charge on any atom is -0.356 e. The normalized spacial score (nSPS) is 28.0. The number of alkyl halides is 3. The summed E-state index contributed by atoms with van der Waals surface area (Å²) >= 11 is 0. The third-order valence-corrected chi connectivity index (χ3v) is 6.89. The predicted octanol–water partition coefficient (Wildman–Crippen LogP) is 2.46. The molecule has 3 atom stereocenters. The number of nitrogens with zero attached hydrogens (tertiary/aromatic N) is 3. The zero-order valence-electron chi connectivity index (χ0n) is 18.2. The van der Waals surface area contributed by atoms with Gasteiger partial charge in [0.2, 0.25) is 5.91 Å². The maximum absolute atomic E-state index is 12.5. The molecule has 2 saturated carbocycles. The maximum Gasteiger partial charge on any atom is 0.401 e. The number of piperidine rings is 1. The van der Waals surface area contributed by atoms with Crippen molar-refractivity contribution in [2.24, 2.45) is 22.7 Å². The Morgan fingerprint density at radius 2 is 1.87 bits per heavy atom. The summed E-state index contributed by atoms with van der Waals surface area (Å²) in [4.78, 5) is 19.5. The first-order chi connectivity index (χ1) is 14.2. The van der Waals surface area contributed by atoms with E-state index < -0.39 is 12.7 Å². The number of carbonyl (C=O) groups is 1. The predicted molar refractivity (Wildman–Crippen MR) is 111 cm³/mol. The largest absolute Gasteiger partial charge is 0.401 e. The molecule has 30 heavy (non-hydrogen) atoms. The van der Waals surface area contributed by atoms with Crippen LogP contribution in [-0.2, 0) is 4.79 Å². The Kier molecular flexibility index (Phi) is 7.87. The summed E-state index contributed by atoms with van der Waals surface area (Å²) in [5, 5.41) is 6.92. The Morgan fingerprint density at radius 1 is 1.13 bits per heavy atom. The van der Waals surface area contributed by atoms with Crippen molar-refractivity contribution in [3.05, 3.63) is 0 Å². The smallest absolute Gasteiger partial charge is 0.356 e. The van der Waals surface area contributed by atoms with Gasteiger partial charge in [-0.15, -0.1) is 0 Å². The lowest BCUT2D eigenvalue weighted by atomic mass is 9.93. The topological polar surface area (TPSA) is 60.0 Å². The van der Waals surface area contributed by atoms with E-state index in [1.165, 1.54) is 35.5 Å². The van der Waals surface area contributed by atoms with Crippen molar-refractivity contribution in [2.45, 2.75) is 57.2 Å². The molecule has 2 bridgehead atoms. The summed E-state index contributed by atoms with van der Waals surface area (Å²) < 4.78 is 37.6. The first-order valence-corrected chi connectivity index (χ1v) is 11.2. The van der Waals surface area contributed by atoms with Crippen LogP contribution in [0.1, 0.15) is 44.9 Å². The molecule has 1 saturated heterocycles. The fourth-order valence-corrected chi connectivity index (χ4v) is 5.12. The van der Waals surface area contributed by atoms with Gasteiger partial charge in [0.15, 0.2) is 5.96 Å². The van der Waals surface area contributed by atoms with E-state index >= 15 is 0 Å². The third-order valence-electron chi connectivity index (χ3n) is 6.89. The fourth-order valence-electron chi connectivity index (χ4n) is 5.12. The molecule has 3 rings (SSSR count). The number of guanidine groups is 1. The number of aliphatic imine (C=N–C) groups is 1. The van der Waals surface area contributed by atoms with E-state index in [2.05, 4.69) is 15.6 Å². The molecule has 1 aliphatic heterocycles. The Bertz CT molecular complexity index is 602. The SMILES string of the molecule is CN(C)C(=O)CN=C(NCCC1CCN(CC(F)(F)F)CC1)NC1CC2CCC1C2. The van der Waals surface area contributed by atoms with Crippen LogP contribution in [-0.4, -0.2) is 80.7 Å². The molecule has 0 aromatic carbocycles. The highest BCUT2D eigenvalue weighted by Crippen LogP contribution is 2.44. The molecule has 3 fully saturated rings. The molecule has 2 N–H and O–H groups in total. The van der Waals surface area contributed by atoms with Gasteiger partial charge in [0.1, 0.15) is 6.54 Å². The summed E-state index contributed by atoms with van der Waals surface area (Å²) in [5.74, 6) is 2.59. The molecule has 6 nitrogen and oxygen atoms in total. The van der Waals surface area contributed by atoms with Crippen LogP contribution in [0.3, 0.4) is 0 Å². The van der Waals surface area contributed by atoms with Gasteiger partial charge in [0.25, 0.3) is 0 Å². The van der Waals surface area contributed by atoms with Crippen LogP contribution in [0, 0.1) is 17.8 Å². The number of halogens is 3. The number of amides is 1. The standard InChI is InChI=1S/C21H36F3N5O/c1-28(2)19(30)13-26-20(27-18-12-16-3-4-17(18)11-16)25-8-5-15-6-9-29(10-7-15)14-21(22,23)24/h15-18H,3-14H2,1-2H3,(H2,25,26,27). The van der Waals surface area contributed by atoms with E-state index in [-0.39, 0.29) is 12.5 Å². The van der Waals surface area contributed by atoms with Crippen LogP contribution in [0.4, 0.5) is 13.2 Å². The number of hydrogen-bond acceptors (Lipinski definition) is 3. The molecular formula is C21H36F3N5O. The van der Waals surface area contributed by atoms with Crippen molar-refractivity contribution in [1.29, 1.82) is 0 Å². The number of hydrogen-bond donors (Lipinski definition) is 2. The Hall–Kier alpha value is -1.51. The van der Waals surface area contributed by atoms with Gasteiger partial charge in [-0.25, -0.2) is 4.99 Å². The Labute approximate surface area is 177 Å². The van der Waals surface area contributed by atoms with Crippen LogP contribution in [0.15, 0.2) is 4.99 Å². The van der Waals surface area contributed by atoms with Crippen molar-refractivity contribution >= 4 is 11.9 Å². The number of carbonyl (C=O) groups excluding carboxylic acids is 1. The van der Waals surface area contributed by atoms with E-state index in [0.29, 0.717) is 43.5 Å². The summed E-state index contributed by atoms with van der Waals surface area (Å²) in [6.07, 6.45) is 3.43. The van der Waals surface area contributed by atoms with E-state index in [1.54, 1.807) is 14.1 Å². The van der Waals surface area contributed by atoms with Crippen LogP contribution in [0.5, 0.6) is 0 Å². The quantitative estimate of drug-likeness (QED) is 0.480. The van der Waals surface area contributed by atoms with Gasteiger partial charge in [-0.1, -0.05) is 6.42 Å². The lowest BCUT2D eigenvalue weighted by Gasteiger charge is -2.32. The average molecular weight is 432 g/mol. The molecule has 0 aromatic rings. The maximum atomic E-state index is 12.5. The van der Waals surface area contributed by atoms with Gasteiger partial charge in [-0.05, 0) is 69.4 Å². The Balaban J connectivity index is 1.44. The average Bonchev–Trinajstić information content (AvgIpc) is 3.29. The lowest BCUT2D eigenvalue weighted by Crippen LogP contribution is -2.47. The van der Waals surface area contributed by atoms with Crippen LogP contribution >= 0.6 is 0 Å². The van der Waals surface area contributed by atoms with Crippen LogP contribution in [0.25, 0.3) is 0 Å². The molecule has 172 valence electrons. The highest BCUT2D eigenvalue weighted by atomic mass is 19.4. The van der Waals surface area contributed by atoms with Crippen molar-refractivity contribution in [2.75, 3.05) is 46.8 Å². The first-order valence-electron chi connectivity index (χ1n) is 11.2. The van der Waals surface area contributed by atoms with Crippen molar-refractivity contribution in [3.63, 3.8) is 0 Å². The van der Waals surface area contributed by atoms with Crippen LogP contribution in [0.2, 0.25) is 0 Å². The van der Waals surface area contributed by atoms with Crippen molar-refractivity contribution in [1.82, 2.24) is 20.4 Å². The minimum absolute atomic E-state index is 0.0407. The number of likely N-dealkylation sites (N-methyl/N-ethyl adjacent to an activating group) is 1. The lowest BCUT2D eigenvalue weighted by molar-refractivity contribution is -0.148. The molecule has 0 radical (unpaired) electrons. The van der Waals surface area contributed by atoms with Gasteiger partial charge < -0.3 is 15.5 Å². The van der Waals surface area contributed by atoms with Gasteiger partial charge in [0, 0.05) is 26.7 Å². The second kappa shape index (κ2) is 10.2. The van der Waals surface area contributed by atoms with E-state index in [9.17, 15) is 18.0 Å². The third kappa shape index (κ3) is 7.03. The van der Waals surface area contributed by atoms with E-state index in [0.717, 1.165) is 25.2 Å². The van der Waals surface area contributed by atoms with Gasteiger partial charge in [0.05, 0.1) is 6.54 Å². The Morgan fingerprint density at radius 3 is 2.43 bits per heavy atom. The highest BCUT2D eigenvalue weighted by Gasteiger charge is 2.40. The summed E-state index contributed by atoms with van der Waals surface area (Å²) in [5.41, 5.74) is 0. The molecule has 3 aliphatic rings. The number of fused-ring (bicyclic) bond motifs is 2. The van der Waals surface area contributed by atoms with E-state index in [4.69, 9.17) is 0 Å². The second-order valence-electron chi connectivity index (χ2n) is 9.43. The van der Waals surface area contributed by atoms with Crippen LogP contribution < -0.4 is 10.6 Å². The zero-order valence-corrected chi connectivity index (χ0v) is 18.2. The first kappa shape index (κ1) is 23.2. The second-order valence-corrected chi connectivity index (χ2v) is 9.43. The minimum atomic E-state index is -4.12. The highest BCUT2D eigenvalue weighted by molar-refractivity contribution is 5.85. The van der Waals surface area contributed by atoms with Gasteiger partial charge in [-0.2, -0.15) is 13.2 Å². The van der Waals surface area contributed by atoms with E-state index in [1.807, 2.05) is 0 Å². The number of rotatable bonds is 7. The fraction of sp³-hybridized carbons (Fsp3) is 0.905. The molecule has 9 heteroatoms.